The van der Waals surface area contributed by atoms with Crippen LogP contribution in [0.2, 0.25) is 0 Å². The molecule has 4 N–H and O–H groups in total. The number of rotatable bonds is 0. The lowest BCUT2D eigenvalue weighted by molar-refractivity contribution is -0.378. The van der Waals surface area contributed by atoms with Gasteiger partial charge in [0.1, 0.15) is 10.1 Å². The third kappa shape index (κ3) is 8.70. The number of aliphatic hydroxyl groups is 2. The van der Waals surface area contributed by atoms with Crippen molar-refractivity contribution in [3.63, 3.8) is 0 Å². The van der Waals surface area contributed by atoms with Gasteiger partial charge in [0.25, 0.3) is 0 Å². The van der Waals surface area contributed by atoms with Crippen LogP contribution in [0.25, 0.3) is 0 Å². The number of Topliss-reactive ketones (excluding diaryl/α,β-unsaturated/α-hetero) is 4. The molecular weight excluding hydrogens is 586 g/mol. The molecule has 200 valence electrons. The Morgan fingerprint density at radius 2 is 0.921 bits per heavy atom. The minimum Gasteiger partial charge on any atom is -0.869 e. The van der Waals surface area contributed by atoms with Crippen LogP contribution in [0.15, 0.2) is 92.2 Å². The molecule has 2 aromatic rings. The fourth-order valence-electron chi connectivity index (χ4n) is 2.19. The average Bonchev–Trinajstić information content (AvgIpc) is 2.92. The van der Waals surface area contributed by atoms with Crippen molar-refractivity contribution in [2.24, 2.45) is 0 Å². The molecule has 2 aliphatic rings. The zero-order chi connectivity index (χ0) is 29.2. The van der Waals surface area contributed by atoms with Crippen LogP contribution in [-0.2, 0) is 19.2 Å². The lowest BCUT2D eigenvalue weighted by atomic mass is 10.1. The molecule has 0 amide bonds. The van der Waals surface area contributed by atoms with E-state index >= 15 is 0 Å². The van der Waals surface area contributed by atoms with Gasteiger partial charge in [0, 0.05) is 23.3 Å². The summed E-state index contributed by atoms with van der Waals surface area (Å²) in [5.74, 6) is -8.92. The summed E-state index contributed by atoms with van der Waals surface area (Å²) in [5.41, 5.74) is 2.53. The molecule has 0 unspecified atom stereocenters. The summed E-state index contributed by atoms with van der Waals surface area (Å²) in [6.45, 7) is 4.10. The third-order valence-electron chi connectivity index (χ3n) is 4.18. The number of nitrogens with one attached hydrogen (secondary N) is 2. The number of hydrogen-bond acceptors (Lipinski definition) is 8. The van der Waals surface area contributed by atoms with Gasteiger partial charge in [0.2, 0.25) is 11.6 Å². The third-order valence-corrected chi connectivity index (χ3v) is 5.57. The highest BCUT2D eigenvalue weighted by atomic mass is 35.5. The monoisotopic (exact) mass is 602 g/mol. The van der Waals surface area contributed by atoms with Gasteiger partial charge in [-0.2, -0.15) is 0 Å². The first-order valence-electron chi connectivity index (χ1n) is 10.1. The van der Waals surface area contributed by atoms with Gasteiger partial charge in [-0.3, -0.25) is 19.2 Å². The van der Waals surface area contributed by atoms with E-state index in [-0.39, 0.29) is 0 Å². The highest BCUT2D eigenvalue weighted by Gasteiger charge is 2.33. The zero-order valence-corrected chi connectivity index (χ0v) is 22.5. The molecule has 0 atom stereocenters. The largest absolute Gasteiger partial charge is 0.869 e. The van der Waals surface area contributed by atoms with E-state index in [1.54, 1.807) is 0 Å². The highest BCUT2D eigenvalue weighted by Crippen LogP contribution is 2.26. The number of halogens is 4. The van der Waals surface area contributed by atoms with E-state index in [0.717, 1.165) is 0 Å². The summed E-state index contributed by atoms with van der Waals surface area (Å²) in [6, 6.07) is 8.07. The quantitative estimate of drug-likeness (QED) is 0.425. The molecule has 0 aromatic carbocycles. The van der Waals surface area contributed by atoms with Crippen LogP contribution < -0.4 is 20.2 Å². The minimum absolute atomic E-state index is 0.720. The van der Waals surface area contributed by atoms with Crippen molar-refractivity contribution in [1.82, 2.24) is 0 Å². The van der Waals surface area contributed by atoms with Crippen molar-refractivity contribution in [3.05, 3.63) is 103 Å². The lowest BCUT2D eigenvalue weighted by Gasteiger charge is -2.23. The average molecular weight is 604 g/mol. The molecule has 0 saturated heterocycles. The number of hydrogen-bond donors (Lipinski definition) is 2. The summed E-state index contributed by atoms with van der Waals surface area (Å²) in [4.78, 5) is 48.9. The fourth-order valence-corrected chi connectivity index (χ4v) is 2.89. The highest BCUT2D eigenvalue weighted by molar-refractivity contribution is 6.56. The smallest absolute Gasteiger partial charge is 0.244 e. The topological polar surface area (TPSA) is 183 Å². The first-order chi connectivity index (χ1) is 17.7. The van der Waals surface area contributed by atoms with Gasteiger partial charge in [0.15, 0.2) is 47.9 Å². The Balaban J connectivity index is 0.000000261. The van der Waals surface area contributed by atoms with E-state index in [1.165, 1.54) is 11.1 Å². The van der Waals surface area contributed by atoms with Gasteiger partial charge in [0.05, 0.1) is 10.1 Å². The van der Waals surface area contributed by atoms with Crippen LogP contribution in [0, 0.1) is 13.8 Å². The van der Waals surface area contributed by atoms with Gasteiger partial charge < -0.3 is 20.4 Å². The molecule has 0 saturated carbocycles. The number of aromatic amines is 2. The molecule has 0 fully saturated rings. The number of allylic oxidation sites excluding steroid dienone is 4. The maximum atomic E-state index is 10.8. The van der Waals surface area contributed by atoms with Crippen molar-refractivity contribution in [1.29, 1.82) is 0 Å². The van der Waals surface area contributed by atoms with Crippen LogP contribution >= 0.6 is 46.4 Å². The van der Waals surface area contributed by atoms with Crippen molar-refractivity contribution in [2.75, 3.05) is 0 Å². The van der Waals surface area contributed by atoms with Crippen LogP contribution in [0.3, 0.4) is 0 Å². The Morgan fingerprint density at radius 1 is 0.605 bits per heavy atom. The first kappa shape index (κ1) is 32.3. The Hall–Kier alpha value is -3.70. The number of ketones is 4. The molecule has 2 heterocycles. The van der Waals surface area contributed by atoms with E-state index in [9.17, 15) is 29.4 Å². The van der Waals surface area contributed by atoms with Crippen LogP contribution in [-0.4, -0.2) is 33.3 Å². The molecular formula is C24H18Cl4N2O8. The Morgan fingerprint density at radius 3 is 1.13 bits per heavy atom. The molecule has 38 heavy (non-hydrogen) atoms. The minimum atomic E-state index is -1.23. The summed E-state index contributed by atoms with van der Waals surface area (Å²) >= 11 is 20.5. The van der Waals surface area contributed by atoms with Crippen LogP contribution in [0.5, 0.6) is 0 Å². The molecule has 0 bridgehead atoms. The summed E-state index contributed by atoms with van der Waals surface area (Å²) in [6.07, 6.45) is 7.71. The summed E-state index contributed by atoms with van der Waals surface area (Å²) < 4.78 is 0. The lowest BCUT2D eigenvalue weighted by Crippen LogP contribution is -2.31. The number of H-pyrrole nitrogens is 2. The van der Waals surface area contributed by atoms with Crippen LogP contribution in [0.4, 0.5) is 0 Å². The number of pyridine rings is 2. The Kier molecular flexibility index (Phi) is 12.7. The second-order valence-electron chi connectivity index (χ2n) is 7.09. The van der Waals surface area contributed by atoms with E-state index < -0.39 is 66.3 Å². The normalized spacial score (nSPS) is 15.3. The van der Waals surface area contributed by atoms with Crippen molar-refractivity contribution in [3.8, 4) is 0 Å². The van der Waals surface area contributed by atoms with Gasteiger partial charge >= 0.3 is 0 Å². The zero-order valence-electron chi connectivity index (χ0n) is 19.5. The maximum absolute atomic E-state index is 10.8. The number of aliphatic hydroxyl groups excluding tert-OH is 2. The number of carbonyl (C=O) groups excluding carboxylic acids is 4. The summed E-state index contributed by atoms with van der Waals surface area (Å²) in [5, 5.41) is 35.9. The molecule has 10 nitrogen and oxygen atoms in total. The number of aromatic nitrogens is 2. The van der Waals surface area contributed by atoms with Crippen molar-refractivity contribution >= 4 is 69.5 Å². The van der Waals surface area contributed by atoms with Crippen molar-refractivity contribution in [2.45, 2.75) is 13.8 Å². The van der Waals surface area contributed by atoms with E-state index in [0.29, 0.717) is 0 Å². The molecule has 4 rings (SSSR count). The summed E-state index contributed by atoms with van der Waals surface area (Å²) in [7, 11) is 0. The second kappa shape index (κ2) is 14.9. The van der Waals surface area contributed by atoms with Gasteiger partial charge in [-0.15, -0.1) is 0 Å². The standard InChI is InChI=1S/2C6H2Cl2O4.2C6H7N/c2*7-1-3(9)5(11)2(8)6(12)4(1)10;2*1-6-3-2-4-7-5-6/h2*9,12H;2*2-5H,1H3. The van der Waals surface area contributed by atoms with E-state index in [4.69, 9.17) is 56.6 Å². The number of carbonyl (C=O) groups is 4. The fraction of sp³-hybridized carbons (Fsp3) is 0.0833. The van der Waals surface area contributed by atoms with E-state index in [2.05, 4.69) is 35.9 Å². The predicted octanol–water partition coefficient (Wildman–Crippen LogP) is 1.53. The van der Waals surface area contributed by atoms with Gasteiger partial charge in [-0.05, 0) is 37.5 Å². The van der Waals surface area contributed by atoms with Crippen LogP contribution in [0.1, 0.15) is 11.1 Å². The number of aryl methyl sites for hydroxylation is 2. The SMILES string of the molecule is Cc1ccc[nH+]c1.Cc1ccc[nH+]c1.O=C1C(O)=C(Cl)C(=O)C(O)=C1Cl.O=C1C([O-])=C(Cl)C(=O)C([O-])=C1Cl. The predicted molar refractivity (Wildman–Crippen MR) is 132 cm³/mol. The maximum Gasteiger partial charge on any atom is 0.244 e. The molecule has 0 radical (unpaired) electrons. The molecule has 14 heteroatoms. The van der Waals surface area contributed by atoms with Gasteiger partial charge in [-0.25, -0.2) is 9.97 Å². The second-order valence-corrected chi connectivity index (χ2v) is 8.60. The Bertz CT molecular complexity index is 1140. The van der Waals surface area contributed by atoms with Gasteiger partial charge in [-0.1, -0.05) is 46.4 Å². The molecule has 0 spiro atoms. The van der Waals surface area contributed by atoms with Crippen molar-refractivity contribution < 1.29 is 49.6 Å². The first-order valence-corrected chi connectivity index (χ1v) is 11.6. The molecule has 2 aliphatic carbocycles. The Labute approximate surface area is 235 Å². The van der Waals surface area contributed by atoms with E-state index in [1.807, 2.05) is 36.9 Å². The molecule has 0 aliphatic heterocycles. The molecule has 2 aromatic heterocycles.